The molecule has 0 nitrogen and oxygen atoms in total. The van der Waals surface area contributed by atoms with E-state index in [-0.39, 0.29) is 0 Å². The predicted octanol–water partition coefficient (Wildman–Crippen LogP) is 2.38. The van der Waals surface area contributed by atoms with Gasteiger partial charge in [0.2, 0.25) is 0 Å². The Morgan fingerprint density at radius 3 is 2.80 bits per heavy atom. The van der Waals surface area contributed by atoms with Gasteiger partial charge in [-0.05, 0) is 36.5 Å². The highest BCUT2D eigenvalue weighted by Crippen LogP contribution is 2.52. The smallest absolute Gasteiger partial charge is 0.0133 e. The maximum absolute atomic E-state index is 2.44. The van der Waals surface area contributed by atoms with E-state index in [1.165, 1.54) is 12.8 Å². The quantitative estimate of drug-likeness (QED) is 0.444. The van der Waals surface area contributed by atoms with E-state index in [0.29, 0.717) is 0 Å². The van der Waals surface area contributed by atoms with Crippen LogP contribution >= 0.6 is 0 Å². The first kappa shape index (κ1) is 5.17. The van der Waals surface area contributed by atoms with Crippen molar-refractivity contribution in [2.75, 3.05) is 0 Å². The lowest BCUT2D eigenvalue weighted by Gasteiger charge is -2.18. The average Bonchev–Trinajstić information content (AvgIpc) is 2.60. The van der Waals surface area contributed by atoms with Crippen LogP contribution in [0.25, 0.3) is 0 Å². The van der Waals surface area contributed by atoms with Gasteiger partial charge < -0.3 is 0 Å². The zero-order chi connectivity index (χ0) is 6.55. The molecule has 0 N–H and O–H groups in total. The topological polar surface area (TPSA) is 0 Å². The molecular weight excluding hydrogens is 120 g/mol. The molecule has 0 heterocycles. The van der Waals surface area contributed by atoms with Gasteiger partial charge in [-0.15, -0.1) is 0 Å². The fourth-order valence-electron chi connectivity index (χ4n) is 2.97. The third-order valence-electron chi connectivity index (χ3n) is 3.46. The van der Waals surface area contributed by atoms with Crippen LogP contribution in [0, 0.1) is 23.7 Å². The fraction of sp³-hybridized carbons (Fsp3) is 0.600. The molecule has 3 rings (SSSR count). The van der Waals surface area contributed by atoms with Gasteiger partial charge in [-0.2, -0.15) is 0 Å². The van der Waals surface area contributed by atoms with Gasteiger partial charge in [0.1, 0.15) is 0 Å². The van der Waals surface area contributed by atoms with E-state index in [2.05, 4.69) is 24.3 Å². The van der Waals surface area contributed by atoms with Gasteiger partial charge >= 0.3 is 0 Å². The zero-order valence-electron chi connectivity index (χ0n) is 6.03. The van der Waals surface area contributed by atoms with Gasteiger partial charge in [-0.25, -0.2) is 0 Å². The first-order valence-corrected chi connectivity index (χ1v) is 4.30. The van der Waals surface area contributed by atoms with E-state index in [0.717, 1.165) is 23.7 Å². The highest BCUT2D eigenvalue weighted by molar-refractivity contribution is 5.21. The van der Waals surface area contributed by atoms with E-state index in [1.54, 1.807) is 0 Å². The molecule has 3 aliphatic rings. The second-order valence-corrected chi connectivity index (χ2v) is 3.85. The summed E-state index contributed by atoms with van der Waals surface area (Å²) in [5.41, 5.74) is 0. The first-order chi connectivity index (χ1) is 4.95. The van der Waals surface area contributed by atoms with Crippen LogP contribution in [-0.2, 0) is 0 Å². The highest BCUT2D eigenvalue weighted by Gasteiger charge is 2.44. The molecule has 0 spiro atoms. The Kier molecular flexibility index (Phi) is 0.803. The van der Waals surface area contributed by atoms with E-state index < -0.39 is 0 Å². The van der Waals surface area contributed by atoms with Crippen LogP contribution in [0.5, 0.6) is 0 Å². The maximum Gasteiger partial charge on any atom is -0.0133 e. The molecule has 0 radical (unpaired) electrons. The lowest BCUT2D eigenvalue weighted by molar-refractivity contribution is 0.398. The molecular formula is C10H12. The molecule has 3 aliphatic carbocycles. The summed E-state index contributed by atoms with van der Waals surface area (Å²) in [4.78, 5) is 0. The van der Waals surface area contributed by atoms with Crippen LogP contribution in [0.3, 0.4) is 0 Å². The Hall–Kier alpha value is -0.520. The first-order valence-electron chi connectivity index (χ1n) is 4.30. The zero-order valence-corrected chi connectivity index (χ0v) is 6.03. The Morgan fingerprint density at radius 2 is 1.90 bits per heavy atom. The number of rotatable bonds is 0. The lowest BCUT2D eigenvalue weighted by atomic mass is 9.86. The van der Waals surface area contributed by atoms with Gasteiger partial charge in [-0.1, -0.05) is 24.3 Å². The van der Waals surface area contributed by atoms with Crippen LogP contribution in [0.2, 0.25) is 0 Å². The summed E-state index contributed by atoms with van der Waals surface area (Å²) in [6.07, 6.45) is 12.5. The molecule has 0 heteroatoms. The molecule has 4 atom stereocenters. The molecule has 2 unspecified atom stereocenters. The van der Waals surface area contributed by atoms with Gasteiger partial charge in [-0.3, -0.25) is 0 Å². The Morgan fingerprint density at radius 1 is 1.00 bits per heavy atom. The normalized spacial score (nSPS) is 54.4. The Bertz CT molecular complexity index is 212. The van der Waals surface area contributed by atoms with Crippen LogP contribution in [0.4, 0.5) is 0 Å². The summed E-state index contributed by atoms with van der Waals surface area (Å²) >= 11 is 0. The summed E-state index contributed by atoms with van der Waals surface area (Å²) in [7, 11) is 0. The van der Waals surface area contributed by atoms with Gasteiger partial charge in [0.05, 0.1) is 0 Å². The predicted molar refractivity (Wildman–Crippen MR) is 41.5 cm³/mol. The maximum atomic E-state index is 2.44. The molecule has 52 valence electrons. The summed E-state index contributed by atoms with van der Waals surface area (Å²) in [5.74, 6) is 3.82. The standard InChI is InChI=1S/C10H12/c1-2-9-7-4-5-8(6-7)10(9)3-1/h1-2,4-5,7-10H,3,6H2/t7-,8?,9-,10?/m0/s1. The van der Waals surface area contributed by atoms with Gasteiger partial charge in [0.15, 0.2) is 0 Å². The number of hydrogen-bond acceptors (Lipinski definition) is 0. The summed E-state index contributed by atoms with van der Waals surface area (Å²) in [6.45, 7) is 0. The number of hydrogen-bond donors (Lipinski definition) is 0. The molecule has 0 saturated heterocycles. The summed E-state index contributed by atoms with van der Waals surface area (Å²) < 4.78 is 0. The Balaban J connectivity index is 2.04. The van der Waals surface area contributed by atoms with Gasteiger partial charge in [0.25, 0.3) is 0 Å². The van der Waals surface area contributed by atoms with Crippen molar-refractivity contribution >= 4 is 0 Å². The molecule has 0 aromatic heterocycles. The van der Waals surface area contributed by atoms with Crippen molar-refractivity contribution in [3.05, 3.63) is 24.3 Å². The fourth-order valence-corrected chi connectivity index (χ4v) is 2.97. The van der Waals surface area contributed by atoms with Crippen molar-refractivity contribution < 1.29 is 0 Å². The van der Waals surface area contributed by atoms with E-state index in [4.69, 9.17) is 0 Å². The summed E-state index contributed by atoms with van der Waals surface area (Å²) in [5, 5.41) is 0. The number of allylic oxidation sites excluding steroid dienone is 4. The van der Waals surface area contributed by atoms with E-state index in [9.17, 15) is 0 Å². The Labute approximate surface area is 61.6 Å². The SMILES string of the molecule is C1=C[C@@H]2C(C1)C1C=C[C@H]2C1. The van der Waals surface area contributed by atoms with E-state index in [1.807, 2.05) is 0 Å². The lowest BCUT2D eigenvalue weighted by Crippen LogP contribution is -2.12. The van der Waals surface area contributed by atoms with Crippen LogP contribution in [0.15, 0.2) is 24.3 Å². The molecule has 1 saturated carbocycles. The number of fused-ring (bicyclic) bond motifs is 5. The van der Waals surface area contributed by atoms with Crippen LogP contribution < -0.4 is 0 Å². The van der Waals surface area contributed by atoms with Crippen molar-refractivity contribution in [3.63, 3.8) is 0 Å². The van der Waals surface area contributed by atoms with Crippen LogP contribution in [0.1, 0.15) is 12.8 Å². The molecule has 10 heavy (non-hydrogen) atoms. The minimum absolute atomic E-state index is 0.925. The molecule has 0 aromatic carbocycles. The highest BCUT2D eigenvalue weighted by atomic mass is 14.5. The van der Waals surface area contributed by atoms with Crippen molar-refractivity contribution in [3.8, 4) is 0 Å². The molecule has 2 bridgehead atoms. The van der Waals surface area contributed by atoms with Crippen molar-refractivity contribution in [1.29, 1.82) is 0 Å². The van der Waals surface area contributed by atoms with E-state index >= 15 is 0 Å². The molecule has 0 aliphatic heterocycles. The second-order valence-electron chi connectivity index (χ2n) is 3.85. The minimum Gasteiger partial charge on any atom is -0.0879 e. The van der Waals surface area contributed by atoms with Crippen molar-refractivity contribution in [2.45, 2.75) is 12.8 Å². The summed E-state index contributed by atoms with van der Waals surface area (Å²) in [6, 6.07) is 0. The third kappa shape index (κ3) is 0.448. The van der Waals surface area contributed by atoms with Crippen molar-refractivity contribution in [1.82, 2.24) is 0 Å². The average molecular weight is 132 g/mol. The molecule has 1 fully saturated rings. The largest absolute Gasteiger partial charge is 0.0879 e. The third-order valence-corrected chi connectivity index (χ3v) is 3.46. The minimum atomic E-state index is 0.925. The second kappa shape index (κ2) is 1.55. The van der Waals surface area contributed by atoms with Crippen molar-refractivity contribution in [2.24, 2.45) is 23.7 Å². The monoisotopic (exact) mass is 132 g/mol. The molecule has 0 amide bonds. The van der Waals surface area contributed by atoms with Gasteiger partial charge in [0, 0.05) is 0 Å². The van der Waals surface area contributed by atoms with Crippen LogP contribution in [-0.4, -0.2) is 0 Å². The molecule has 0 aromatic rings.